The number of nitrogens with one attached hydrogen (secondary N) is 1. The van der Waals surface area contributed by atoms with Crippen LogP contribution in [0.3, 0.4) is 0 Å². The Labute approximate surface area is 121 Å². The minimum absolute atomic E-state index is 0.0323. The molecule has 1 unspecified atom stereocenters. The van der Waals surface area contributed by atoms with Crippen LogP contribution in [0.4, 0.5) is 0 Å². The van der Waals surface area contributed by atoms with Crippen LogP contribution in [0.1, 0.15) is 48.7 Å². The van der Waals surface area contributed by atoms with E-state index in [0.29, 0.717) is 6.54 Å². The standard InChI is InChI=1S/C16H24ClNO/c1-11-7-6-8-12(2)14(11)15(19)18-10-13(17)9-16(3,4)5/h6-8,13H,9-10H2,1-5H3,(H,18,19). The Hall–Kier alpha value is -1.02. The summed E-state index contributed by atoms with van der Waals surface area (Å²) in [5.74, 6) is -0.0323. The summed E-state index contributed by atoms with van der Waals surface area (Å²) >= 11 is 6.26. The summed E-state index contributed by atoms with van der Waals surface area (Å²) in [6.07, 6.45) is 0.877. The van der Waals surface area contributed by atoms with Gasteiger partial charge in [0.2, 0.25) is 0 Å². The number of aryl methyl sites for hydroxylation is 2. The molecule has 2 nitrogen and oxygen atoms in total. The van der Waals surface area contributed by atoms with E-state index in [4.69, 9.17) is 11.6 Å². The van der Waals surface area contributed by atoms with Gasteiger partial charge in [0, 0.05) is 12.1 Å². The van der Waals surface area contributed by atoms with Crippen molar-refractivity contribution in [3.63, 3.8) is 0 Å². The molecule has 3 heteroatoms. The molecule has 0 spiro atoms. The van der Waals surface area contributed by atoms with Gasteiger partial charge in [0.1, 0.15) is 0 Å². The van der Waals surface area contributed by atoms with E-state index in [0.717, 1.165) is 23.1 Å². The van der Waals surface area contributed by atoms with Crippen LogP contribution in [-0.4, -0.2) is 17.8 Å². The van der Waals surface area contributed by atoms with Crippen molar-refractivity contribution in [1.29, 1.82) is 0 Å². The third kappa shape index (κ3) is 5.23. The van der Waals surface area contributed by atoms with E-state index < -0.39 is 0 Å². The predicted octanol–water partition coefficient (Wildman–Crippen LogP) is 4.08. The van der Waals surface area contributed by atoms with Crippen LogP contribution >= 0.6 is 11.6 Å². The fraction of sp³-hybridized carbons (Fsp3) is 0.562. The number of benzene rings is 1. The van der Waals surface area contributed by atoms with E-state index >= 15 is 0 Å². The van der Waals surface area contributed by atoms with E-state index in [1.54, 1.807) is 0 Å². The molecule has 1 amide bonds. The minimum Gasteiger partial charge on any atom is -0.351 e. The van der Waals surface area contributed by atoms with E-state index in [1.165, 1.54) is 0 Å². The number of rotatable bonds is 4. The number of amides is 1. The van der Waals surface area contributed by atoms with Crippen molar-refractivity contribution in [2.24, 2.45) is 5.41 Å². The molecule has 0 aliphatic carbocycles. The van der Waals surface area contributed by atoms with Crippen molar-refractivity contribution in [3.8, 4) is 0 Å². The second kappa shape index (κ2) is 6.42. The summed E-state index contributed by atoms with van der Waals surface area (Å²) in [7, 11) is 0. The molecule has 0 bridgehead atoms. The number of carbonyl (C=O) groups excluding carboxylic acids is 1. The number of alkyl halides is 1. The highest BCUT2D eigenvalue weighted by atomic mass is 35.5. The zero-order chi connectivity index (χ0) is 14.6. The second-order valence-corrected chi connectivity index (χ2v) is 6.96. The van der Waals surface area contributed by atoms with Crippen molar-refractivity contribution >= 4 is 17.5 Å². The first kappa shape index (κ1) is 16.0. The molecule has 1 aromatic rings. The molecule has 1 aromatic carbocycles. The first-order valence-corrected chi connectivity index (χ1v) is 7.13. The van der Waals surface area contributed by atoms with E-state index in [2.05, 4.69) is 26.1 Å². The Morgan fingerprint density at radius 1 is 1.26 bits per heavy atom. The number of hydrogen-bond donors (Lipinski definition) is 1. The van der Waals surface area contributed by atoms with Crippen LogP contribution in [0.2, 0.25) is 0 Å². The fourth-order valence-electron chi connectivity index (χ4n) is 2.20. The Bertz CT molecular complexity index is 428. The van der Waals surface area contributed by atoms with Gasteiger partial charge in [-0.25, -0.2) is 0 Å². The lowest BCUT2D eigenvalue weighted by atomic mass is 9.90. The normalized spacial score (nSPS) is 13.2. The Morgan fingerprint density at radius 3 is 2.26 bits per heavy atom. The maximum absolute atomic E-state index is 12.2. The second-order valence-electron chi connectivity index (χ2n) is 6.34. The molecule has 0 radical (unpaired) electrons. The van der Waals surface area contributed by atoms with Gasteiger partial charge in [-0.1, -0.05) is 39.0 Å². The summed E-state index contributed by atoms with van der Waals surface area (Å²) in [6.45, 7) is 10.9. The molecule has 1 N–H and O–H groups in total. The molecule has 0 fully saturated rings. The zero-order valence-electron chi connectivity index (χ0n) is 12.5. The minimum atomic E-state index is -0.0340. The van der Waals surface area contributed by atoms with Gasteiger partial charge in [-0.2, -0.15) is 0 Å². The molecule has 1 rings (SSSR count). The highest BCUT2D eigenvalue weighted by molar-refractivity contribution is 6.21. The molecule has 0 aromatic heterocycles. The van der Waals surface area contributed by atoms with Crippen molar-refractivity contribution < 1.29 is 4.79 Å². The van der Waals surface area contributed by atoms with Gasteiger partial charge >= 0.3 is 0 Å². The average Bonchev–Trinajstić information content (AvgIpc) is 2.23. The highest BCUT2D eigenvalue weighted by Gasteiger charge is 2.18. The molecule has 19 heavy (non-hydrogen) atoms. The third-order valence-electron chi connectivity index (χ3n) is 3.03. The predicted molar refractivity (Wildman–Crippen MR) is 82.0 cm³/mol. The Kier molecular flexibility index (Phi) is 5.42. The molecule has 0 aliphatic heterocycles. The van der Waals surface area contributed by atoms with Crippen LogP contribution in [0, 0.1) is 19.3 Å². The van der Waals surface area contributed by atoms with Crippen molar-refractivity contribution in [2.75, 3.05) is 6.54 Å². The first-order valence-electron chi connectivity index (χ1n) is 6.69. The molecule has 0 heterocycles. The van der Waals surface area contributed by atoms with E-state index in [1.807, 2.05) is 32.0 Å². The maximum Gasteiger partial charge on any atom is 0.251 e. The van der Waals surface area contributed by atoms with E-state index in [-0.39, 0.29) is 16.7 Å². The lowest BCUT2D eigenvalue weighted by Gasteiger charge is -2.22. The SMILES string of the molecule is Cc1cccc(C)c1C(=O)NCC(Cl)CC(C)(C)C. The lowest BCUT2D eigenvalue weighted by molar-refractivity contribution is 0.0950. The molecule has 0 aliphatic rings. The number of carbonyl (C=O) groups is 1. The number of halogens is 1. The highest BCUT2D eigenvalue weighted by Crippen LogP contribution is 2.23. The van der Waals surface area contributed by atoms with Gasteiger partial charge < -0.3 is 5.32 Å². The monoisotopic (exact) mass is 281 g/mol. The molecule has 0 saturated heterocycles. The smallest absolute Gasteiger partial charge is 0.251 e. The van der Waals surface area contributed by atoms with Gasteiger partial charge in [-0.15, -0.1) is 11.6 Å². The molecule has 0 saturated carbocycles. The zero-order valence-corrected chi connectivity index (χ0v) is 13.3. The summed E-state index contributed by atoms with van der Waals surface area (Å²) < 4.78 is 0. The molecule has 1 atom stereocenters. The quantitative estimate of drug-likeness (QED) is 0.828. The van der Waals surface area contributed by atoms with Crippen LogP contribution in [0.5, 0.6) is 0 Å². The maximum atomic E-state index is 12.2. The van der Waals surface area contributed by atoms with E-state index in [9.17, 15) is 4.79 Å². The molecular formula is C16H24ClNO. The average molecular weight is 282 g/mol. The summed E-state index contributed by atoms with van der Waals surface area (Å²) in [6, 6.07) is 5.87. The van der Waals surface area contributed by atoms with Gasteiger partial charge in [0.25, 0.3) is 5.91 Å². The third-order valence-corrected chi connectivity index (χ3v) is 3.33. The largest absolute Gasteiger partial charge is 0.351 e. The van der Waals surface area contributed by atoms with Gasteiger partial charge in [-0.3, -0.25) is 4.79 Å². The number of hydrogen-bond acceptors (Lipinski definition) is 1. The first-order chi connectivity index (χ1) is 8.70. The Balaban J connectivity index is 2.61. The van der Waals surface area contributed by atoms with Crippen LogP contribution in [0.15, 0.2) is 18.2 Å². The van der Waals surface area contributed by atoms with Crippen molar-refractivity contribution in [1.82, 2.24) is 5.32 Å². The van der Waals surface area contributed by atoms with Gasteiger partial charge in [0.15, 0.2) is 0 Å². The Morgan fingerprint density at radius 2 is 1.79 bits per heavy atom. The molecular weight excluding hydrogens is 258 g/mol. The van der Waals surface area contributed by atoms with Gasteiger partial charge in [0.05, 0.1) is 5.38 Å². The van der Waals surface area contributed by atoms with Crippen LogP contribution in [-0.2, 0) is 0 Å². The lowest BCUT2D eigenvalue weighted by Crippen LogP contribution is -2.32. The summed E-state index contributed by atoms with van der Waals surface area (Å²) in [5.41, 5.74) is 2.94. The van der Waals surface area contributed by atoms with Gasteiger partial charge in [-0.05, 0) is 36.8 Å². The summed E-state index contributed by atoms with van der Waals surface area (Å²) in [4.78, 5) is 12.2. The summed E-state index contributed by atoms with van der Waals surface area (Å²) in [5, 5.41) is 2.90. The fourth-order valence-corrected chi connectivity index (χ4v) is 2.74. The van der Waals surface area contributed by atoms with Crippen molar-refractivity contribution in [2.45, 2.75) is 46.4 Å². The van der Waals surface area contributed by atoms with Crippen molar-refractivity contribution in [3.05, 3.63) is 34.9 Å². The van der Waals surface area contributed by atoms with Crippen LogP contribution < -0.4 is 5.32 Å². The van der Waals surface area contributed by atoms with Crippen LogP contribution in [0.25, 0.3) is 0 Å². The molecule has 106 valence electrons. The topological polar surface area (TPSA) is 29.1 Å².